The van der Waals surface area contributed by atoms with E-state index in [1.54, 1.807) is 15.4 Å². The van der Waals surface area contributed by atoms with Crippen LogP contribution < -0.4 is 11.1 Å². The first kappa shape index (κ1) is 17.0. The maximum Gasteiger partial charge on any atom is 0.165 e. The molecule has 1 saturated carbocycles. The van der Waals surface area contributed by atoms with E-state index in [1.165, 1.54) is 0 Å². The van der Waals surface area contributed by atoms with Crippen molar-refractivity contribution in [2.45, 2.75) is 37.6 Å². The number of nitrogen functional groups attached to an aromatic ring is 1. The Morgan fingerprint density at radius 1 is 1.31 bits per heavy atom. The van der Waals surface area contributed by atoms with E-state index in [9.17, 15) is 0 Å². The van der Waals surface area contributed by atoms with E-state index in [2.05, 4.69) is 15.5 Å². The lowest BCUT2D eigenvalue weighted by atomic mass is 9.83. The van der Waals surface area contributed by atoms with Crippen molar-refractivity contribution in [1.29, 1.82) is 0 Å². The van der Waals surface area contributed by atoms with Gasteiger partial charge < -0.3 is 16.2 Å². The minimum absolute atomic E-state index is 0.169. The Hall–Kier alpha value is -2.45. The minimum atomic E-state index is 0.169. The first-order valence-corrected chi connectivity index (χ1v) is 9.13. The molecule has 4 rings (SSSR count). The molecule has 138 valence electrons. The number of rotatable bonds is 5. The fourth-order valence-electron chi connectivity index (χ4n) is 3.89. The van der Waals surface area contributed by atoms with Crippen LogP contribution >= 0.6 is 0 Å². The highest BCUT2D eigenvalue weighted by atomic mass is 16.3. The van der Waals surface area contributed by atoms with Crippen molar-refractivity contribution in [3.05, 3.63) is 30.4 Å². The summed E-state index contributed by atoms with van der Waals surface area (Å²) < 4.78 is 3.46. The Kier molecular flexibility index (Phi) is 4.60. The van der Waals surface area contributed by atoms with Gasteiger partial charge in [-0.2, -0.15) is 14.7 Å². The zero-order valence-corrected chi connectivity index (χ0v) is 15.0. The third-order valence-corrected chi connectivity index (χ3v) is 5.17. The second-order valence-electron chi connectivity index (χ2n) is 7.04. The average Bonchev–Trinajstić information content (AvgIpc) is 3.26. The lowest BCUT2D eigenvalue weighted by Gasteiger charge is -2.29. The smallest absolute Gasteiger partial charge is 0.165 e. The molecule has 8 heteroatoms. The number of anilines is 1. The van der Waals surface area contributed by atoms with Crippen molar-refractivity contribution in [3.63, 3.8) is 0 Å². The third kappa shape index (κ3) is 3.17. The summed E-state index contributed by atoms with van der Waals surface area (Å²) in [5.74, 6) is 0.967. The van der Waals surface area contributed by atoms with Gasteiger partial charge in [0.1, 0.15) is 5.82 Å². The minimum Gasteiger partial charge on any atom is -0.395 e. The molecule has 0 bridgehead atoms. The molecular formula is C18H25N7O. The van der Waals surface area contributed by atoms with Gasteiger partial charge in [-0.15, -0.1) is 0 Å². The highest BCUT2D eigenvalue weighted by molar-refractivity contribution is 5.77. The first-order chi connectivity index (χ1) is 12.7. The molecular weight excluding hydrogens is 330 g/mol. The number of hydrogen-bond donors (Lipinski definition) is 3. The molecule has 1 aliphatic carbocycles. The van der Waals surface area contributed by atoms with Gasteiger partial charge in [0.05, 0.1) is 19.0 Å². The number of nitrogens with two attached hydrogens (primary N) is 1. The highest BCUT2D eigenvalue weighted by Crippen LogP contribution is 2.34. The lowest BCUT2D eigenvalue weighted by molar-refractivity contribution is 0.265. The van der Waals surface area contributed by atoms with Crippen LogP contribution in [-0.4, -0.2) is 48.7 Å². The van der Waals surface area contributed by atoms with Crippen LogP contribution in [0.4, 0.5) is 5.82 Å². The predicted molar refractivity (Wildman–Crippen MR) is 99.7 cm³/mol. The maximum atomic E-state index is 9.04. The van der Waals surface area contributed by atoms with Crippen LogP contribution in [0.5, 0.6) is 0 Å². The molecule has 3 heterocycles. The zero-order valence-electron chi connectivity index (χ0n) is 15.0. The normalized spacial score (nSPS) is 20.7. The van der Waals surface area contributed by atoms with Crippen LogP contribution in [0.2, 0.25) is 0 Å². The topological polar surface area (TPSA) is 106 Å². The molecule has 0 spiro atoms. The van der Waals surface area contributed by atoms with Crippen LogP contribution in [0.1, 0.15) is 37.3 Å². The number of aliphatic hydroxyl groups excluding tert-OH is 1. The SMILES string of the molecule is Cn1cc(-c2cnn3c(N)cc(C4CCC[C@@H](NCCO)C4)nc23)cn1. The fraction of sp³-hybridized carbons (Fsp3) is 0.500. The lowest BCUT2D eigenvalue weighted by Crippen LogP contribution is -2.35. The quantitative estimate of drug-likeness (QED) is 0.637. The molecule has 0 aliphatic heterocycles. The molecule has 3 aromatic heterocycles. The van der Waals surface area contributed by atoms with E-state index >= 15 is 0 Å². The molecule has 0 amide bonds. The molecule has 8 nitrogen and oxygen atoms in total. The van der Waals surface area contributed by atoms with Gasteiger partial charge in [-0.1, -0.05) is 6.42 Å². The summed E-state index contributed by atoms with van der Waals surface area (Å²) in [6.45, 7) is 0.808. The number of aryl methyl sites for hydroxylation is 1. The number of fused-ring (bicyclic) bond motifs is 1. The van der Waals surface area contributed by atoms with Crippen LogP contribution in [0.15, 0.2) is 24.7 Å². The van der Waals surface area contributed by atoms with E-state index in [-0.39, 0.29) is 6.61 Å². The number of aliphatic hydroxyl groups is 1. The van der Waals surface area contributed by atoms with Gasteiger partial charge in [-0.25, -0.2) is 4.98 Å². The maximum absolute atomic E-state index is 9.04. The molecule has 1 fully saturated rings. The van der Waals surface area contributed by atoms with Gasteiger partial charge in [0.25, 0.3) is 0 Å². The predicted octanol–water partition coefficient (Wildman–Crippen LogP) is 1.32. The summed E-state index contributed by atoms with van der Waals surface area (Å²) in [5, 5.41) is 21.1. The van der Waals surface area contributed by atoms with E-state index < -0.39 is 0 Å². The summed E-state index contributed by atoms with van der Waals surface area (Å²) in [6, 6.07) is 2.37. The third-order valence-electron chi connectivity index (χ3n) is 5.17. The van der Waals surface area contributed by atoms with Crippen molar-refractivity contribution in [3.8, 4) is 11.1 Å². The van der Waals surface area contributed by atoms with E-state index in [4.69, 9.17) is 15.8 Å². The number of aromatic nitrogens is 5. The van der Waals surface area contributed by atoms with Crippen molar-refractivity contribution in [2.24, 2.45) is 7.05 Å². The van der Waals surface area contributed by atoms with Crippen LogP contribution in [0.3, 0.4) is 0 Å². The van der Waals surface area contributed by atoms with Crippen LogP contribution in [0, 0.1) is 0 Å². The Bertz CT molecular complexity index is 900. The van der Waals surface area contributed by atoms with Gasteiger partial charge in [-0.3, -0.25) is 4.68 Å². The second-order valence-corrected chi connectivity index (χ2v) is 7.04. The monoisotopic (exact) mass is 355 g/mol. The Morgan fingerprint density at radius 3 is 2.96 bits per heavy atom. The zero-order chi connectivity index (χ0) is 18.1. The number of nitrogens with zero attached hydrogens (tertiary/aromatic N) is 5. The molecule has 0 aromatic carbocycles. The molecule has 0 saturated heterocycles. The molecule has 26 heavy (non-hydrogen) atoms. The van der Waals surface area contributed by atoms with Gasteiger partial charge in [0.2, 0.25) is 0 Å². The summed E-state index contributed by atoms with van der Waals surface area (Å²) in [6.07, 6.45) is 9.98. The number of nitrogens with one attached hydrogen (secondary N) is 1. The van der Waals surface area contributed by atoms with Gasteiger partial charge >= 0.3 is 0 Å². The Morgan fingerprint density at radius 2 is 2.19 bits per heavy atom. The molecule has 1 unspecified atom stereocenters. The van der Waals surface area contributed by atoms with Crippen LogP contribution in [-0.2, 0) is 7.05 Å². The molecule has 1 aliphatic rings. The molecule has 0 radical (unpaired) electrons. The van der Waals surface area contributed by atoms with Crippen molar-refractivity contribution >= 4 is 11.5 Å². The Balaban J connectivity index is 1.67. The largest absolute Gasteiger partial charge is 0.395 e. The van der Waals surface area contributed by atoms with Gasteiger partial charge in [-0.05, 0) is 19.3 Å². The fourth-order valence-corrected chi connectivity index (χ4v) is 3.89. The van der Waals surface area contributed by atoms with Gasteiger partial charge in [0.15, 0.2) is 5.65 Å². The standard InChI is InChI=1S/C18H25N7O/c1-24-11-13(9-21-24)15-10-22-25-17(19)8-16(23-18(15)25)12-3-2-4-14(7-12)20-5-6-26/h8-12,14,20,26H,2-7,19H2,1H3/t12?,14-/m1/s1. The molecule has 3 aromatic rings. The summed E-state index contributed by atoms with van der Waals surface area (Å²) in [7, 11) is 1.89. The van der Waals surface area contributed by atoms with E-state index in [0.717, 1.165) is 48.2 Å². The summed E-state index contributed by atoms with van der Waals surface area (Å²) >= 11 is 0. The van der Waals surface area contributed by atoms with Crippen molar-refractivity contribution in [2.75, 3.05) is 18.9 Å². The molecule has 2 atom stereocenters. The van der Waals surface area contributed by atoms with Gasteiger partial charge in [0, 0.05) is 54.6 Å². The van der Waals surface area contributed by atoms with E-state index in [0.29, 0.717) is 24.3 Å². The second kappa shape index (κ2) is 7.05. The van der Waals surface area contributed by atoms with E-state index in [1.807, 2.05) is 25.5 Å². The summed E-state index contributed by atoms with van der Waals surface area (Å²) in [5.41, 5.74) is 9.99. The van der Waals surface area contributed by atoms with Crippen LogP contribution in [0.25, 0.3) is 16.8 Å². The number of hydrogen-bond acceptors (Lipinski definition) is 6. The first-order valence-electron chi connectivity index (χ1n) is 9.13. The summed E-state index contributed by atoms with van der Waals surface area (Å²) in [4.78, 5) is 4.93. The molecule has 4 N–H and O–H groups in total. The van der Waals surface area contributed by atoms with Crippen molar-refractivity contribution in [1.82, 2.24) is 29.7 Å². The average molecular weight is 355 g/mol. The highest BCUT2D eigenvalue weighted by Gasteiger charge is 2.25. The Labute approximate surface area is 152 Å². The van der Waals surface area contributed by atoms with Crippen molar-refractivity contribution < 1.29 is 5.11 Å².